The van der Waals surface area contributed by atoms with Gasteiger partial charge in [0.1, 0.15) is 11.6 Å². The lowest BCUT2D eigenvalue weighted by molar-refractivity contribution is -0.133. The SMILES string of the molecule is O=C(CC(c1ccccc1)c1ccccc1)N1CCN(Cc2nnc3n2CCCCC3)CC1. The summed E-state index contributed by atoms with van der Waals surface area (Å²) in [4.78, 5) is 17.7. The summed E-state index contributed by atoms with van der Waals surface area (Å²) >= 11 is 0. The normalized spacial score (nSPS) is 17.1. The molecule has 0 spiro atoms. The first-order valence-corrected chi connectivity index (χ1v) is 12.3. The number of nitrogens with zero attached hydrogens (tertiary/aromatic N) is 5. The molecule has 0 bridgehead atoms. The molecule has 1 saturated heterocycles. The van der Waals surface area contributed by atoms with Gasteiger partial charge in [-0.3, -0.25) is 9.69 Å². The number of aryl methyl sites for hydroxylation is 1. The number of amides is 1. The van der Waals surface area contributed by atoms with E-state index >= 15 is 0 Å². The van der Waals surface area contributed by atoms with E-state index < -0.39 is 0 Å². The van der Waals surface area contributed by atoms with E-state index in [9.17, 15) is 4.79 Å². The highest BCUT2D eigenvalue weighted by molar-refractivity contribution is 5.78. The molecule has 6 heteroatoms. The lowest BCUT2D eigenvalue weighted by atomic mass is 9.88. The van der Waals surface area contributed by atoms with Crippen molar-refractivity contribution in [2.75, 3.05) is 26.2 Å². The number of aromatic nitrogens is 3. The third-order valence-corrected chi connectivity index (χ3v) is 7.06. The molecule has 2 aliphatic heterocycles. The van der Waals surface area contributed by atoms with E-state index in [2.05, 4.69) is 68.2 Å². The van der Waals surface area contributed by atoms with Crippen LogP contribution in [0.5, 0.6) is 0 Å². The van der Waals surface area contributed by atoms with E-state index in [1.54, 1.807) is 0 Å². The molecule has 6 nitrogen and oxygen atoms in total. The van der Waals surface area contributed by atoms with Crippen molar-refractivity contribution in [2.24, 2.45) is 0 Å². The van der Waals surface area contributed by atoms with Gasteiger partial charge in [0.05, 0.1) is 6.54 Å². The van der Waals surface area contributed by atoms with Gasteiger partial charge in [-0.25, -0.2) is 0 Å². The number of fused-ring (bicyclic) bond motifs is 1. The summed E-state index contributed by atoms with van der Waals surface area (Å²) in [5, 5.41) is 8.92. The Morgan fingerprint density at radius 3 is 2.12 bits per heavy atom. The highest BCUT2D eigenvalue weighted by Crippen LogP contribution is 2.29. The fraction of sp³-hybridized carbons (Fsp3) is 0.444. The number of carbonyl (C=O) groups excluding carboxylic acids is 1. The Bertz CT molecular complexity index is 1000. The van der Waals surface area contributed by atoms with Gasteiger partial charge in [0.2, 0.25) is 5.91 Å². The molecule has 0 radical (unpaired) electrons. The Labute approximate surface area is 196 Å². The third-order valence-electron chi connectivity index (χ3n) is 7.06. The van der Waals surface area contributed by atoms with Crippen LogP contribution in [0.4, 0.5) is 0 Å². The van der Waals surface area contributed by atoms with Crippen LogP contribution < -0.4 is 0 Å². The Morgan fingerprint density at radius 2 is 1.45 bits per heavy atom. The Morgan fingerprint density at radius 1 is 0.788 bits per heavy atom. The van der Waals surface area contributed by atoms with Gasteiger partial charge in [-0.2, -0.15) is 0 Å². The predicted octanol–water partition coefficient (Wildman–Crippen LogP) is 3.87. The van der Waals surface area contributed by atoms with Crippen LogP contribution in [0.3, 0.4) is 0 Å². The molecule has 1 fully saturated rings. The first-order chi connectivity index (χ1) is 16.3. The van der Waals surface area contributed by atoms with Crippen molar-refractivity contribution < 1.29 is 4.79 Å². The first kappa shape index (κ1) is 21.8. The molecule has 1 aromatic heterocycles. The second-order valence-corrected chi connectivity index (χ2v) is 9.23. The van der Waals surface area contributed by atoms with Gasteiger partial charge in [0, 0.05) is 51.5 Å². The second-order valence-electron chi connectivity index (χ2n) is 9.23. The van der Waals surface area contributed by atoms with E-state index in [1.807, 2.05) is 17.0 Å². The molecular formula is C27H33N5O. The highest BCUT2D eigenvalue weighted by Gasteiger charge is 2.26. The van der Waals surface area contributed by atoms with Crippen LogP contribution in [0.25, 0.3) is 0 Å². The predicted molar refractivity (Wildman–Crippen MR) is 129 cm³/mol. The van der Waals surface area contributed by atoms with Crippen LogP contribution in [0.15, 0.2) is 60.7 Å². The molecule has 3 aromatic rings. The molecule has 2 aliphatic rings. The molecule has 172 valence electrons. The lowest BCUT2D eigenvalue weighted by Gasteiger charge is -2.35. The number of hydrogen-bond acceptors (Lipinski definition) is 4. The molecule has 3 heterocycles. The summed E-state index contributed by atoms with van der Waals surface area (Å²) in [5.74, 6) is 2.55. The summed E-state index contributed by atoms with van der Waals surface area (Å²) in [6.07, 6.45) is 5.25. The average Bonchev–Trinajstić information content (AvgIpc) is 3.09. The quantitative estimate of drug-likeness (QED) is 0.580. The maximum absolute atomic E-state index is 13.3. The maximum atomic E-state index is 13.3. The minimum Gasteiger partial charge on any atom is -0.340 e. The maximum Gasteiger partial charge on any atom is 0.223 e. The van der Waals surface area contributed by atoms with Gasteiger partial charge in [0.25, 0.3) is 0 Å². The summed E-state index contributed by atoms with van der Waals surface area (Å²) in [5.41, 5.74) is 2.39. The van der Waals surface area contributed by atoms with Gasteiger partial charge < -0.3 is 9.47 Å². The molecule has 0 saturated carbocycles. The average molecular weight is 444 g/mol. The van der Waals surface area contributed by atoms with Crippen molar-refractivity contribution in [1.82, 2.24) is 24.6 Å². The minimum absolute atomic E-state index is 0.0874. The molecule has 0 unspecified atom stereocenters. The fourth-order valence-corrected chi connectivity index (χ4v) is 5.12. The number of carbonyl (C=O) groups is 1. The van der Waals surface area contributed by atoms with Crippen LogP contribution in [-0.4, -0.2) is 56.7 Å². The standard InChI is InChI=1S/C27H33N5O/c33-27(20-24(22-10-4-1-5-11-22)23-12-6-2-7-13-23)31-18-16-30(17-19-31)21-26-29-28-25-14-8-3-9-15-32(25)26/h1-2,4-7,10-13,24H,3,8-9,14-21H2. The second kappa shape index (κ2) is 10.3. The summed E-state index contributed by atoms with van der Waals surface area (Å²) in [6.45, 7) is 5.18. The van der Waals surface area contributed by atoms with Gasteiger partial charge in [-0.05, 0) is 24.0 Å². The zero-order valence-electron chi connectivity index (χ0n) is 19.3. The van der Waals surface area contributed by atoms with Crippen molar-refractivity contribution in [3.8, 4) is 0 Å². The van der Waals surface area contributed by atoms with Crippen molar-refractivity contribution in [3.63, 3.8) is 0 Å². The first-order valence-electron chi connectivity index (χ1n) is 12.3. The van der Waals surface area contributed by atoms with Crippen LogP contribution >= 0.6 is 0 Å². The molecule has 0 N–H and O–H groups in total. The molecule has 1 amide bonds. The van der Waals surface area contributed by atoms with Gasteiger partial charge in [-0.15, -0.1) is 10.2 Å². The molecule has 0 atom stereocenters. The van der Waals surface area contributed by atoms with Crippen LogP contribution in [0.1, 0.15) is 54.4 Å². The van der Waals surface area contributed by atoms with Crippen LogP contribution in [-0.2, 0) is 24.3 Å². The van der Waals surface area contributed by atoms with Crippen LogP contribution in [0, 0.1) is 0 Å². The molecular weight excluding hydrogens is 410 g/mol. The smallest absolute Gasteiger partial charge is 0.223 e. The van der Waals surface area contributed by atoms with E-state index in [0.29, 0.717) is 6.42 Å². The van der Waals surface area contributed by atoms with Crippen molar-refractivity contribution >= 4 is 5.91 Å². The topological polar surface area (TPSA) is 54.3 Å². The zero-order chi connectivity index (χ0) is 22.5. The molecule has 2 aromatic carbocycles. The Hall–Kier alpha value is -2.99. The van der Waals surface area contributed by atoms with Crippen LogP contribution in [0.2, 0.25) is 0 Å². The number of rotatable bonds is 6. The number of piperazine rings is 1. The molecule has 33 heavy (non-hydrogen) atoms. The fourth-order valence-electron chi connectivity index (χ4n) is 5.12. The van der Waals surface area contributed by atoms with E-state index in [1.165, 1.54) is 30.4 Å². The third kappa shape index (κ3) is 5.17. The van der Waals surface area contributed by atoms with E-state index in [4.69, 9.17) is 0 Å². The summed E-state index contributed by atoms with van der Waals surface area (Å²) < 4.78 is 2.33. The Balaban J connectivity index is 1.20. The summed E-state index contributed by atoms with van der Waals surface area (Å²) in [7, 11) is 0. The number of benzene rings is 2. The monoisotopic (exact) mass is 443 g/mol. The van der Waals surface area contributed by atoms with Gasteiger partial charge in [0.15, 0.2) is 0 Å². The highest BCUT2D eigenvalue weighted by atomic mass is 16.2. The van der Waals surface area contributed by atoms with E-state index in [-0.39, 0.29) is 11.8 Å². The largest absolute Gasteiger partial charge is 0.340 e. The Kier molecular flexibility index (Phi) is 6.81. The molecule has 0 aliphatic carbocycles. The van der Waals surface area contributed by atoms with Crippen molar-refractivity contribution in [2.45, 2.75) is 51.1 Å². The number of hydrogen-bond donors (Lipinski definition) is 0. The van der Waals surface area contributed by atoms with Crippen molar-refractivity contribution in [1.29, 1.82) is 0 Å². The zero-order valence-corrected chi connectivity index (χ0v) is 19.3. The van der Waals surface area contributed by atoms with Crippen molar-refractivity contribution in [3.05, 3.63) is 83.4 Å². The van der Waals surface area contributed by atoms with Gasteiger partial charge in [-0.1, -0.05) is 67.1 Å². The lowest BCUT2D eigenvalue weighted by Crippen LogP contribution is -2.48. The summed E-state index contributed by atoms with van der Waals surface area (Å²) in [6, 6.07) is 20.8. The van der Waals surface area contributed by atoms with Gasteiger partial charge >= 0.3 is 0 Å². The van der Waals surface area contributed by atoms with E-state index in [0.717, 1.165) is 57.3 Å². The molecule has 5 rings (SSSR count). The minimum atomic E-state index is 0.0874.